The Labute approximate surface area is 134 Å². The fraction of sp³-hybridized carbons (Fsp3) is 0.188. The van der Waals surface area contributed by atoms with Gasteiger partial charge in [0.15, 0.2) is 0 Å². The van der Waals surface area contributed by atoms with Crippen LogP contribution in [0.5, 0.6) is 0 Å². The number of carbonyl (C=O) groups is 1. The van der Waals surface area contributed by atoms with E-state index in [-0.39, 0.29) is 6.42 Å². The Morgan fingerprint density at radius 3 is 1.87 bits per heavy atom. The zero-order valence-corrected chi connectivity index (χ0v) is 12.9. The van der Waals surface area contributed by atoms with E-state index in [1.54, 1.807) is 29.2 Å². The van der Waals surface area contributed by atoms with Crippen molar-refractivity contribution in [2.75, 3.05) is 4.90 Å². The number of benzene rings is 2. The van der Waals surface area contributed by atoms with Gasteiger partial charge in [-0.3, -0.25) is 9.35 Å². The van der Waals surface area contributed by atoms with Gasteiger partial charge in [0.25, 0.3) is 0 Å². The molecular formula is C16H15NO5S. The summed E-state index contributed by atoms with van der Waals surface area (Å²) in [4.78, 5) is 13.4. The SMILES string of the molecule is O=C1CC(N(c2ccccc2)c2ccccc2)C(S(=O)(=O)O)O1. The maximum atomic E-state index is 11.7. The number of esters is 1. The standard InChI is InChI=1S/C16H15NO5S/c18-15-11-14(16(22-15)23(19,20)21)17(12-7-3-1-4-8-12)13-9-5-2-6-10-13/h1-10,14,16H,11H2,(H,19,20,21). The molecule has 1 N–H and O–H groups in total. The van der Waals surface area contributed by atoms with Crippen LogP contribution in [-0.2, 0) is 19.6 Å². The van der Waals surface area contributed by atoms with Gasteiger partial charge in [0.1, 0.15) is 0 Å². The number of cyclic esters (lactones) is 1. The van der Waals surface area contributed by atoms with E-state index >= 15 is 0 Å². The molecule has 1 heterocycles. The van der Waals surface area contributed by atoms with Crippen molar-refractivity contribution in [1.82, 2.24) is 0 Å². The lowest BCUT2D eigenvalue weighted by Crippen LogP contribution is -2.41. The van der Waals surface area contributed by atoms with Gasteiger partial charge in [-0.15, -0.1) is 0 Å². The van der Waals surface area contributed by atoms with Gasteiger partial charge in [-0.05, 0) is 24.3 Å². The topological polar surface area (TPSA) is 83.9 Å². The molecule has 2 atom stereocenters. The number of hydrogen-bond acceptors (Lipinski definition) is 5. The summed E-state index contributed by atoms with van der Waals surface area (Å²) in [5, 5.41) is 0. The minimum absolute atomic E-state index is 0.131. The number of ether oxygens (including phenoxy) is 1. The van der Waals surface area contributed by atoms with Crippen molar-refractivity contribution in [3.05, 3.63) is 60.7 Å². The summed E-state index contributed by atoms with van der Waals surface area (Å²) in [6.07, 6.45) is -0.131. The molecule has 2 aromatic carbocycles. The molecular weight excluding hydrogens is 318 g/mol. The summed E-state index contributed by atoms with van der Waals surface area (Å²) in [5.41, 5.74) is -0.207. The van der Waals surface area contributed by atoms with Crippen molar-refractivity contribution in [3.63, 3.8) is 0 Å². The van der Waals surface area contributed by atoms with Gasteiger partial charge in [0.2, 0.25) is 5.44 Å². The highest BCUT2D eigenvalue weighted by Crippen LogP contribution is 2.35. The predicted octanol–water partition coefficient (Wildman–Crippen LogP) is 2.35. The average Bonchev–Trinajstić information content (AvgIpc) is 2.92. The summed E-state index contributed by atoms with van der Waals surface area (Å²) in [7, 11) is -4.53. The fourth-order valence-corrected chi connectivity index (χ4v) is 3.55. The summed E-state index contributed by atoms with van der Waals surface area (Å²) < 4.78 is 37.5. The van der Waals surface area contributed by atoms with Crippen LogP contribution in [0.2, 0.25) is 0 Å². The molecule has 0 amide bonds. The maximum absolute atomic E-state index is 11.7. The van der Waals surface area contributed by atoms with Crippen molar-refractivity contribution in [2.24, 2.45) is 0 Å². The first-order valence-electron chi connectivity index (χ1n) is 7.02. The van der Waals surface area contributed by atoms with Crippen LogP contribution in [0, 0.1) is 0 Å². The second-order valence-electron chi connectivity index (χ2n) is 5.19. The lowest BCUT2D eigenvalue weighted by atomic mass is 10.1. The first-order valence-corrected chi connectivity index (χ1v) is 8.52. The number of carbonyl (C=O) groups excluding carboxylic acids is 1. The van der Waals surface area contributed by atoms with Crippen molar-refractivity contribution < 1.29 is 22.5 Å². The minimum Gasteiger partial charge on any atom is -0.441 e. The summed E-state index contributed by atoms with van der Waals surface area (Å²) >= 11 is 0. The molecule has 0 saturated carbocycles. The van der Waals surface area contributed by atoms with E-state index in [4.69, 9.17) is 4.74 Å². The predicted molar refractivity (Wildman–Crippen MR) is 84.9 cm³/mol. The number of rotatable bonds is 4. The van der Waals surface area contributed by atoms with E-state index in [0.717, 1.165) is 0 Å². The summed E-state index contributed by atoms with van der Waals surface area (Å²) in [5.74, 6) is -0.658. The molecule has 120 valence electrons. The van der Waals surface area contributed by atoms with Gasteiger partial charge in [-0.25, -0.2) is 0 Å². The van der Waals surface area contributed by atoms with Crippen LogP contribution in [0.1, 0.15) is 6.42 Å². The van der Waals surface area contributed by atoms with Crippen molar-refractivity contribution >= 4 is 27.5 Å². The Balaban J connectivity index is 2.10. The van der Waals surface area contributed by atoms with Crippen LogP contribution in [0.25, 0.3) is 0 Å². The fourth-order valence-electron chi connectivity index (χ4n) is 2.70. The van der Waals surface area contributed by atoms with Crippen LogP contribution in [-0.4, -0.2) is 30.4 Å². The monoisotopic (exact) mass is 333 g/mol. The largest absolute Gasteiger partial charge is 0.441 e. The Hall–Kier alpha value is -2.38. The molecule has 1 saturated heterocycles. The van der Waals surface area contributed by atoms with Crippen molar-refractivity contribution in [3.8, 4) is 0 Å². The van der Waals surface area contributed by atoms with Crippen LogP contribution in [0.3, 0.4) is 0 Å². The van der Waals surface area contributed by atoms with Gasteiger partial charge in [-0.2, -0.15) is 8.42 Å². The molecule has 2 unspecified atom stereocenters. The van der Waals surface area contributed by atoms with E-state index in [2.05, 4.69) is 0 Å². The van der Waals surface area contributed by atoms with Gasteiger partial charge >= 0.3 is 16.1 Å². The second-order valence-corrected chi connectivity index (χ2v) is 6.68. The van der Waals surface area contributed by atoms with E-state index in [9.17, 15) is 17.8 Å². The lowest BCUT2D eigenvalue weighted by Gasteiger charge is -2.32. The van der Waals surface area contributed by atoms with Crippen LogP contribution >= 0.6 is 0 Å². The van der Waals surface area contributed by atoms with Gasteiger partial charge in [0.05, 0.1) is 12.5 Å². The normalized spacial score (nSPS) is 21.0. The second kappa shape index (κ2) is 6.02. The average molecular weight is 333 g/mol. The Kier molecular flexibility index (Phi) is 4.06. The highest BCUT2D eigenvalue weighted by molar-refractivity contribution is 7.86. The first kappa shape index (κ1) is 15.5. The van der Waals surface area contributed by atoms with Gasteiger partial charge in [-0.1, -0.05) is 36.4 Å². The molecule has 0 bridgehead atoms. The molecule has 7 heteroatoms. The molecule has 3 rings (SSSR count). The molecule has 2 aromatic rings. The minimum atomic E-state index is -4.53. The maximum Gasteiger partial charge on any atom is 0.309 e. The molecule has 1 fully saturated rings. The molecule has 0 aromatic heterocycles. The highest BCUT2D eigenvalue weighted by Gasteiger charge is 2.46. The number of anilines is 2. The van der Waals surface area contributed by atoms with Gasteiger partial charge in [0, 0.05) is 11.4 Å². The lowest BCUT2D eigenvalue weighted by molar-refractivity contribution is -0.139. The van der Waals surface area contributed by atoms with Crippen LogP contribution in [0.15, 0.2) is 60.7 Å². The summed E-state index contributed by atoms with van der Waals surface area (Å²) in [6.45, 7) is 0. The molecule has 0 aliphatic carbocycles. The third kappa shape index (κ3) is 3.20. The molecule has 23 heavy (non-hydrogen) atoms. The first-order chi connectivity index (χ1) is 11.0. The Morgan fingerprint density at radius 1 is 0.957 bits per heavy atom. The number of nitrogens with zero attached hydrogens (tertiary/aromatic N) is 1. The third-order valence-electron chi connectivity index (χ3n) is 3.63. The zero-order valence-electron chi connectivity index (χ0n) is 12.1. The Bertz CT molecular complexity index is 752. The molecule has 0 radical (unpaired) electrons. The van der Waals surface area contributed by atoms with E-state index in [1.165, 1.54) is 0 Å². The van der Waals surface area contributed by atoms with Crippen molar-refractivity contribution in [1.29, 1.82) is 0 Å². The van der Waals surface area contributed by atoms with E-state index in [1.807, 2.05) is 36.4 Å². The molecule has 1 aliphatic rings. The van der Waals surface area contributed by atoms with Crippen molar-refractivity contribution in [2.45, 2.75) is 17.9 Å². The molecule has 1 aliphatic heterocycles. The summed E-state index contributed by atoms with van der Waals surface area (Å²) in [6, 6.07) is 17.3. The van der Waals surface area contributed by atoms with E-state index < -0.39 is 27.6 Å². The Morgan fingerprint density at radius 2 is 1.43 bits per heavy atom. The number of hydrogen-bond donors (Lipinski definition) is 1. The smallest absolute Gasteiger partial charge is 0.309 e. The van der Waals surface area contributed by atoms with E-state index in [0.29, 0.717) is 11.4 Å². The quantitative estimate of drug-likeness (QED) is 0.683. The third-order valence-corrected chi connectivity index (χ3v) is 4.63. The van der Waals surface area contributed by atoms with Crippen LogP contribution in [0.4, 0.5) is 11.4 Å². The zero-order chi connectivity index (χ0) is 16.4. The highest BCUT2D eigenvalue weighted by atomic mass is 32.2. The van der Waals surface area contributed by atoms with Crippen LogP contribution < -0.4 is 4.90 Å². The molecule has 6 nitrogen and oxygen atoms in total. The van der Waals surface area contributed by atoms with Gasteiger partial charge < -0.3 is 9.64 Å². The molecule has 0 spiro atoms. The number of para-hydroxylation sites is 2.